The van der Waals surface area contributed by atoms with Gasteiger partial charge in [0.05, 0.1) is 5.56 Å². The number of alkyl halides is 3. The van der Waals surface area contributed by atoms with E-state index in [2.05, 4.69) is 0 Å². The minimum absolute atomic E-state index is 0.0216. The predicted octanol–water partition coefficient (Wildman–Crippen LogP) is 4.44. The molecule has 2 aromatic carbocycles. The number of hydrogen-bond donors (Lipinski definition) is 0. The molecule has 0 bridgehead atoms. The van der Waals surface area contributed by atoms with Crippen LogP contribution in [0.1, 0.15) is 29.5 Å². The number of benzene rings is 2. The van der Waals surface area contributed by atoms with Gasteiger partial charge in [-0.15, -0.1) is 0 Å². The van der Waals surface area contributed by atoms with Crippen molar-refractivity contribution in [1.82, 2.24) is 9.21 Å². The van der Waals surface area contributed by atoms with Crippen molar-refractivity contribution in [2.75, 3.05) is 20.1 Å². The maximum Gasteiger partial charge on any atom is 0.416 e. The Hall–Kier alpha value is -1.97. The highest BCUT2D eigenvalue weighted by Crippen LogP contribution is 2.30. The normalized spacial score (nSPS) is 16.9. The van der Waals surface area contributed by atoms with E-state index in [4.69, 9.17) is 0 Å². The third-order valence-corrected chi connectivity index (χ3v) is 7.35. The van der Waals surface area contributed by atoms with E-state index in [9.17, 15) is 26.0 Å². The highest BCUT2D eigenvalue weighted by atomic mass is 32.2. The zero-order valence-electron chi connectivity index (χ0n) is 16.8. The minimum atomic E-state index is -4.39. The first-order valence-electron chi connectivity index (χ1n) is 9.61. The predicted molar refractivity (Wildman–Crippen MR) is 106 cm³/mol. The standard InChI is InChI=1S/C21H24F4N2O2S/c1-15-6-7-19(22)20(12-15)30(28,29)27-10-8-18(9-11-27)26(2)14-16-4-3-5-17(13-16)21(23,24)25/h3-7,12-13,18H,8-11,14H2,1-2H3. The molecule has 0 aromatic heterocycles. The first-order chi connectivity index (χ1) is 14.0. The summed E-state index contributed by atoms with van der Waals surface area (Å²) < 4.78 is 79.7. The van der Waals surface area contributed by atoms with Crippen LogP contribution in [0.15, 0.2) is 47.4 Å². The Kier molecular flexibility index (Phi) is 6.54. The van der Waals surface area contributed by atoms with Crippen molar-refractivity contribution in [2.45, 2.75) is 43.4 Å². The number of sulfonamides is 1. The van der Waals surface area contributed by atoms with E-state index in [1.165, 1.54) is 22.5 Å². The molecule has 2 aromatic rings. The fraction of sp³-hybridized carbons (Fsp3) is 0.429. The molecular weight excluding hydrogens is 420 g/mol. The molecule has 1 fully saturated rings. The van der Waals surface area contributed by atoms with Crippen LogP contribution in [0.3, 0.4) is 0 Å². The van der Waals surface area contributed by atoms with Gasteiger partial charge in [0, 0.05) is 25.7 Å². The van der Waals surface area contributed by atoms with Crippen molar-refractivity contribution >= 4 is 10.0 Å². The van der Waals surface area contributed by atoms with Crippen molar-refractivity contribution in [1.29, 1.82) is 0 Å². The summed E-state index contributed by atoms with van der Waals surface area (Å²) >= 11 is 0. The molecule has 0 amide bonds. The lowest BCUT2D eigenvalue weighted by Gasteiger charge is -2.36. The van der Waals surface area contributed by atoms with Crippen LogP contribution in [0.4, 0.5) is 17.6 Å². The number of piperidine rings is 1. The highest BCUT2D eigenvalue weighted by molar-refractivity contribution is 7.89. The van der Waals surface area contributed by atoms with Gasteiger partial charge in [0.1, 0.15) is 10.7 Å². The molecule has 0 N–H and O–H groups in total. The van der Waals surface area contributed by atoms with Crippen molar-refractivity contribution in [2.24, 2.45) is 0 Å². The summed E-state index contributed by atoms with van der Waals surface area (Å²) in [5.74, 6) is -0.774. The van der Waals surface area contributed by atoms with E-state index in [-0.39, 0.29) is 24.0 Å². The van der Waals surface area contributed by atoms with Crippen molar-refractivity contribution in [3.63, 3.8) is 0 Å². The lowest BCUT2D eigenvalue weighted by molar-refractivity contribution is -0.137. The van der Waals surface area contributed by atoms with Gasteiger partial charge >= 0.3 is 6.18 Å². The van der Waals surface area contributed by atoms with E-state index in [1.54, 1.807) is 13.0 Å². The molecule has 0 aliphatic carbocycles. The van der Waals surface area contributed by atoms with Gasteiger partial charge in [0.2, 0.25) is 10.0 Å². The number of rotatable bonds is 5. The van der Waals surface area contributed by atoms with E-state index < -0.39 is 27.6 Å². The monoisotopic (exact) mass is 444 g/mol. The van der Waals surface area contributed by atoms with Crippen molar-refractivity contribution in [3.05, 3.63) is 65.0 Å². The third-order valence-electron chi connectivity index (χ3n) is 5.44. The number of halogens is 4. The second-order valence-electron chi connectivity index (χ2n) is 7.68. The fourth-order valence-corrected chi connectivity index (χ4v) is 5.35. The molecule has 1 aliphatic rings. The molecule has 0 atom stereocenters. The van der Waals surface area contributed by atoms with Crippen LogP contribution in [0.2, 0.25) is 0 Å². The zero-order valence-corrected chi connectivity index (χ0v) is 17.6. The topological polar surface area (TPSA) is 40.6 Å². The molecule has 0 unspecified atom stereocenters. The number of nitrogens with zero attached hydrogens (tertiary/aromatic N) is 2. The van der Waals surface area contributed by atoms with Gasteiger partial charge in [-0.05, 0) is 56.1 Å². The zero-order chi connectivity index (χ0) is 22.1. The molecule has 4 nitrogen and oxygen atoms in total. The van der Waals surface area contributed by atoms with E-state index >= 15 is 0 Å². The van der Waals surface area contributed by atoms with Crippen LogP contribution in [-0.4, -0.2) is 43.8 Å². The summed E-state index contributed by atoms with van der Waals surface area (Å²) in [5.41, 5.74) is 0.518. The Bertz CT molecular complexity index is 1000. The maximum absolute atomic E-state index is 14.1. The second-order valence-corrected chi connectivity index (χ2v) is 9.59. The van der Waals surface area contributed by atoms with Crippen LogP contribution in [0, 0.1) is 12.7 Å². The van der Waals surface area contributed by atoms with Crippen LogP contribution >= 0.6 is 0 Å². The molecular formula is C21H24F4N2O2S. The van der Waals surface area contributed by atoms with E-state index in [1.807, 2.05) is 11.9 Å². The van der Waals surface area contributed by atoms with Crippen molar-refractivity contribution in [3.8, 4) is 0 Å². The quantitative estimate of drug-likeness (QED) is 0.641. The Labute approximate surface area is 174 Å². The third kappa shape index (κ3) is 5.01. The summed E-state index contributed by atoms with van der Waals surface area (Å²) in [7, 11) is -2.12. The Morgan fingerprint density at radius 3 is 2.40 bits per heavy atom. The molecule has 0 saturated carbocycles. The van der Waals surface area contributed by atoms with Gasteiger partial charge < -0.3 is 0 Å². The van der Waals surface area contributed by atoms with Crippen LogP contribution in [-0.2, 0) is 22.7 Å². The molecule has 30 heavy (non-hydrogen) atoms. The number of aryl methyl sites for hydroxylation is 1. The van der Waals surface area contributed by atoms with Crippen LogP contribution < -0.4 is 0 Å². The Morgan fingerprint density at radius 2 is 1.77 bits per heavy atom. The van der Waals surface area contributed by atoms with Gasteiger partial charge in [-0.3, -0.25) is 4.90 Å². The molecule has 0 spiro atoms. The van der Waals surface area contributed by atoms with Gasteiger partial charge in [-0.1, -0.05) is 24.3 Å². The summed E-state index contributed by atoms with van der Waals surface area (Å²) in [6.07, 6.45) is -3.36. The molecule has 3 rings (SSSR count). The molecule has 164 valence electrons. The van der Waals surface area contributed by atoms with E-state index in [0.29, 0.717) is 30.5 Å². The SMILES string of the molecule is Cc1ccc(F)c(S(=O)(=O)N2CCC(N(C)Cc3cccc(C(F)(F)F)c3)CC2)c1. The van der Waals surface area contributed by atoms with Gasteiger partial charge in [0.25, 0.3) is 0 Å². The lowest BCUT2D eigenvalue weighted by atomic mass is 10.0. The van der Waals surface area contributed by atoms with Crippen LogP contribution in [0.5, 0.6) is 0 Å². The fourth-order valence-electron chi connectivity index (χ4n) is 3.73. The summed E-state index contributed by atoms with van der Waals surface area (Å²) in [6.45, 7) is 2.49. The Balaban J connectivity index is 1.65. The molecule has 1 heterocycles. The Morgan fingerprint density at radius 1 is 1.10 bits per heavy atom. The van der Waals surface area contributed by atoms with Gasteiger partial charge in [-0.2, -0.15) is 17.5 Å². The first kappa shape index (κ1) is 22.7. The minimum Gasteiger partial charge on any atom is -0.299 e. The molecule has 9 heteroatoms. The number of hydrogen-bond acceptors (Lipinski definition) is 3. The lowest BCUT2D eigenvalue weighted by Crippen LogP contribution is -2.45. The van der Waals surface area contributed by atoms with Crippen molar-refractivity contribution < 1.29 is 26.0 Å². The smallest absolute Gasteiger partial charge is 0.299 e. The maximum atomic E-state index is 14.1. The summed E-state index contributed by atoms with van der Waals surface area (Å²) in [6, 6.07) is 9.22. The van der Waals surface area contributed by atoms with Crippen LogP contribution in [0.25, 0.3) is 0 Å². The molecule has 0 radical (unpaired) electrons. The van der Waals surface area contributed by atoms with Gasteiger partial charge in [0.15, 0.2) is 0 Å². The average molecular weight is 444 g/mol. The molecule has 1 saturated heterocycles. The summed E-state index contributed by atoms with van der Waals surface area (Å²) in [4.78, 5) is 1.62. The van der Waals surface area contributed by atoms with E-state index in [0.717, 1.165) is 18.2 Å². The first-order valence-corrected chi connectivity index (χ1v) is 11.0. The highest BCUT2D eigenvalue weighted by Gasteiger charge is 2.33. The van der Waals surface area contributed by atoms with Gasteiger partial charge in [-0.25, -0.2) is 12.8 Å². The molecule has 1 aliphatic heterocycles. The second kappa shape index (κ2) is 8.64. The average Bonchev–Trinajstić information content (AvgIpc) is 2.69. The largest absolute Gasteiger partial charge is 0.416 e. The summed E-state index contributed by atoms with van der Waals surface area (Å²) in [5, 5.41) is 0.